The number of esters is 1. The first kappa shape index (κ1) is 12.6. The van der Waals surface area contributed by atoms with E-state index in [4.69, 9.17) is 9.26 Å². The van der Waals surface area contributed by atoms with Crippen LogP contribution in [0.3, 0.4) is 0 Å². The number of nitrogens with one attached hydrogen (secondary N) is 1. The number of aryl methyl sites for hydroxylation is 2. The molecule has 2 rings (SSSR count). The second kappa shape index (κ2) is 4.80. The van der Waals surface area contributed by atoms with Gasteiger partial charge in [0.1, 0.15) is 11.3 Å². The van der Waals surface area contributed by atoms with Gasteiger partial charge in [-0.05, 0) is 33.6 Å². The molecule has 1 aliphatic rings. The van der Waals surface area contributed by atoms with Gasteiger partial charge in [-0.1, -0.05) is 5.16 Å². The Bertz CT molecular complexity index is 457. The highest BCUT2D eigenvalue weighted by Crippen LogP contribution is 2.19. The third kappa shape index (κ3) is 2.69. The predicted molar refractivity (Wildman–Crippen MR) is 62.0 cm³/mol. The fourth-order valence-electron chi connectivity index (χ4n) is 1.59. The molecular formula is C12H16N2O4. The lowest BCUT2D eigenvalue weighted by Crippen LogP contribution is -2.37. The molecular weight excluding hydrogens is 236 g/mol. The maximum absolute atomic E-state index is 11.9. The molecule has 1 saturated carbocycles. The Morgan fingerprint density at radius 1 is 1.44 bits per heavy atom. The minimum atomic E-state index is -0.813. The van der Waals surface area contributed by atoms with Crippen LogP contribution in [0.4, 0.5) is 0 Å². The second-order valence-electron chi connectivity index (χ2n) is 4.53. The largest absolute Gasteiger partial charge is 0.449 e. The van der Waals surface area contributed by atoms with Gasteiger partial charge < -0.3 is 14.6 Å². The van der Waals surface area contributed by atoms with E-state index in [0.717, 1.165) is 12.8 Å². The number of aromatic nitrogens is 1. The Hall–Kier alpha value is -1.85. The second-order valence-corrected chi connectivity index (χ2v) is 4.53. The van der Waals surface area contributed by atoms with Gasteiger partial charge in [-0.25, -0.2) is 4.79 Å². The van der Waals surface area contributed by atoms with E-state index in [0.29, 0.717) is 17.0 Å². The highest BCUT2D eigenvalue weighted by molar-refractivity contribution is 5.93. The molecule has 0 aliphatic heterocycles. The molecule has 1 aromatic rings. The molecule has 0 radical (unpaired) electrons. The van der Waals surface area contributed by atoms with Crippen LogP contribution in [0, 0.1) is 13.8 Å². The van der Waals surface area contributed by atoms with E-state index in [1.54, 1.807) is 20.8 Å². The smallest absolute Gasteiger partial charge is 0.344 e. The van der Waals surface area contributed by atoms with Crippen LogP contribution in [-0.4, -0.2) is 29.2 Å². The molecule has 0 spiro atoms. The van der Waals surface area contributed by atoms with Gasteiger partial charge in [-0.3, -0.25) is 4.79 Å². The zero-order chi connectivity index (χ0) is 13.3. The van der Waals surface area contributed by atoms with Gasteiger partial charge in [0.05, 0.1) is 5.69 Å². The highest BCUT2D eigenvalue weighted by atomic mass is 16.5. The van der Waals surface area contributed by atoms with Crippen LogP contribution in [0.15, 0.2) is 4.52 Å². The zero-order valence-electron chi connectivity index (χ0n) is 10.6. The van der Waals surface area contributed by atoms with Crippen LogP contribution in [-0.2, 0) is 9.53 Å². The number of nitrogens with zero attached hydrogens (tertiary/aromatic N) is 1. The normalized spacial score (nSPS) is 16.2. The molecule has 0 bridgehead atoms. The summed E-state index contributed by atoms with van der Waals surface area (Å²) in [6.45, 7) is 4.83. The summed E-state index contributed by atoms with van der Waals surface area (Å²) < 4.78 is 9.98. The van der Waals surface area contributed by atoms with E-state index in [9.17, 15) is 9.59 Å². The first-order valence-corrected chi connectivity index (χ1v) is 5.93. The molecule has 1 atom stereocenters. The third-order valence-corrected chi connectivity index (χ3v) is 2.81. The van der Waals surface area contributed by atoms with Crippen molar-refractivity contribution < 1.29 is 18.8 Å². The topological polar surface area (TPSA) is 81.4 Å². The Balaban J connectivity index is 1.96. The van der Waals surface area contributed by atoms with Crippen molar-refractivity contribution in [2.45, 2.75) is 45.8 Å². The van der Waals surface area contributed by atoms with Gasteiger partial charge in [0.2, 0.25) is 0 Å². The summed E-state index contributed by atoms with van der Waals surface area (Å²) in [4.78, 5) is 23.5. The molecule has 1 amide bonds. The van der Waals surface area contributed by atoms with Crippen molar-refractivity contribution in [1.29, 1.82) is 0 Å². The fourth-order valence-corrected chi connectivity index (χ4v) is 1.59. The number of carbonyl (C=O) groups excluding carboxylic acids is 2. The molecule has 6 nitrogen and oxygen atoms in total. The van der Waals surface area contributed by atoms with Crippen LogP contribution < -0.4 is 5.32 Å². The van der Waals surface area contributed by atoms with Crippen LogP contribution in [0.1, 0.15) is 41.6 Å². The van der Waals surface area contributed by atoms with Crippen LogP contribution in [0.2, 0.25) is 0 Å². The van der Waals surface area contributed by atoms with Gasteiger partial charge >= 0.3 is 5.97 Å². The Kier molecular flexibility index (Phi) is 3.36. The van der Waals surface area contributed by atoms with Crippen LogP contribution >= 0.6 is 0 Å². The Morgan fingerprint density at radius 2 is 2.11 bits per heavy atom. The van der Waals surface area contributed by atoms with Crippen molar-refractivity contribution in [2.75, 3.05) is 0 Å². The predicted octanol–water partition coefficient (Wildman–Crippen LogP) is 1.12. The Labute approximate surface area is 105 Å². The monoisotopic (exact) mass is 252 g/mol. The first-order chi connectivity index (χ1) is 8.49. The lowest BCUT2D eigenvalue weighted by atomic mass is 10.2. The van der Waals surface area contributed by atoms with Crippen molar-refractivity contribution in [3.8, 4) is 0 Å². The van der Waals surface area contributed by atoms with E-state index in [-0.39, 0.29) is 11.9 Å². The molecule has 6 heteroatoms. The summed E-state index contributed by atoms with van der Waals surface area (Å²) in [7, 11) is 0. The zero-order valence-corrected chi connectivity index (χ0v) is 10.6. The van der Waals surface area contributed by atoms with E-state index < -0.39 is 12.1 Å². The number of hydrogen-bond acceptors (Lipinski definition) is 5. The standard InChI is InChI=1S/C12H16N2O4/c1-6-10(7(2)18-14-6)12(16)17-8(3)11(15)13-9-4-5-9/h8-9H,4-5H2,1-3H3,(H,13,15)/t8-/m0/s1. The average molecular weight is 252 g/mol. The van der Waals surface area contributed by atoms with E-state index in [1.165, 1.54) is 0 Å². The van der Waals surface area contributed by atoms with Crippen LogP contribution in [0.5, 0.6) is 0 Å². The SMILES string of the molecule is Cc1noc(C)c1C(=O)O[C@@H](C)C(=O)NC1CC1. The third-order valence-electron chi connectivity index (χ3n) is 2.81. The first-order valence-electron chi connectivity index (χ1n) is 5.93. The molecule has 0 aromatic carbocycles. The van der Waals surface area contributed by atoms with Gasteiger partial charge in [0, 0.05) is 6.04 Å². The number of amides is 1. The fraction of sp³-hybridized carbons (Fsp3) is 0.583. The van der Waals surface area contributed by atoms with Crippen molar-refractivity contribution >= 4 is 11.9 Å². The van der Waals surface area contributed by atoms with Crippen molar-refractivity contribution in [3.63, 3.8) is 0 Å². The summed E-state index contributed by atoms with van der Waals surface area (Å²) in [5.74, 6) is -0.449. The van der Waals surface area contributed by atoms with Crippen molar-refractivity contribution in [3.05, 3.63) is 17.0 Å². The molecule has 0 saturated heterocycles. The molecule has 1 aliphatic carbocycles. The minimum Gasteiger partial charge on any atom is -0.449 e. The molecule has 1 heterocycles. The molecule has 1 aromatic heterocycles. The molecule has 1 fully saturated rings. The number of rotatable bonds is 4. The highest BCUT2D eigenvalue weighted by Gasteiger charge is 2.28. The summed E-state index contributed by atoms with van der Waals surface area (Å²) in [6, 6.07) is 0.248. The quantitative estimate of drug-likeness (QED) is 0.812. The van der Waals surface area contributed by atoms with Gasteiger partial charge in [-0.15, -0.1) is 0 Å². The minimum absolute atomic E-state index is 0.248. The van der Waals surface area contributed by atoms with Gasteiger partial charge in [-0.2, -0.15) is 0 Å². The summed E-state index contributed by atoms with van der Waals surface area (Å²) >= 11 is 0. The summed E-state index contributed by atoms with van der Waals surface area (Å²) in [5, 5.41) is 6.45. The molecule has 18 heavy (non-hydrogen) atoms. The molecule has 0 unspecified atom stereocenters. The van der Waals surface area contributed by atoms with Crippen molar-refractivity contribution in [1.82, 2.24) is 10.5 Å². The average Bonchev–Trinajstić information content (AvgIpc) is 3.04. The number of ether oxygens (including phenoxy) is 1. The summed E-state index contributed by atoms with van der Waals surface area (Å²) in [5.41, 5.74) is 0.758. The number of carbonyl (C=O) groups is 2. The Morgan fingerprint density at radius 3 is 2.61 bits per heavy atom. The van der Waals surface area contributed by atoms with Gasteiger partial charge in [0.15, 0.2) is 6.10 Å². The van der Waals surface area contributed by atoms with Crippen molar-refractivity contribution in [2.24, 2.45) is 0 Å². The summed E-state index contributed by atoms with van der Waals surface area (Å²) in [6.07, 6.45) is 1.18. The molecule has 1 N–H and O–H groups in total. The lowest BCUT2D eigenvalue weighted by Gasteiger charge is -2.12. The lowest BCUT2D eigenvalue weighted by molar-refractivity contribution is -0.129. The van der Waals surface area contributed by atoms with E-state index >= 15 is 0 Å². The van der Waals surface area contributed by atoms with E-state index in [2.05, 4.69) is 10.5 Å². The van der Waals surface area contributed by atoms with E-state index in [1.807, 2.05) is 0 Å². The number of hydrogen-bond donors (Lipinski definition) is 1. The maximum atomic E-state index is 11.9. The maximum Gasteiger partial charge on any atom is 0.344 e. The molecule has 98 valence electrons. The van der Waals surface area contributed by atoms with Crippen LogP contribution in [0.25, 0.3) is 0 Å². The van der Waals surface area contributed by atoms with Gasteiger partial charge in [0.25, 0.3) is 5.91 Å².